The van der Waals surface area contributed by atoms with Crippen molar-refractivity contribution >= 4 is 38.9 Å². The van der Waals surface area contributed by atoms with Gasteiger partial charge < -0.3 is 5.32 Å². The maximum Gasteiger partial charge on any atom is 0.417 e. The van der Waals surface area contributed by atoms with Crippen molar-refractivity contribution in [3.63, 3.8) is 0 Å². The number of nitrogens with one attached hydrogen (secondary N) is 1. The Bertz CT molecular complexity index is 1360. The second kappa shape index (κ2) is 8.88. The van der Waals surface area contributed by atoms with Crippen molar-refractivity contribution in [2.45, 2.75) is 23.9 Å². The van der Waals surface area contributed by atoms with Crippen LogP contribution in [-0.4, -0.2) is 25.9 Å². The fourth-order valence-corrected chi connectivity index (χ4v) is 5.42. The molecule has 0 saturated heterocycles. The van der Waals surface area contributed by atoms with Crippen molar-refractivity contribution in [3.05, 3.63) is 82.4 Å². The molecule has 12 heteroatoms. The first-order valence-electron chi connectivity index (χ1n) is 9.93. The van der Waals surface area contributed by atoms with Crippen molar-refractivity contribution in [1.29, 1.82) is 0 Å². The summed E-state index contributed by atoms with van der Waals surface area (Å²) < 4.78 is 80.8. The van der Waals surface area contributed by atoms with Crippen LogP contribution in [0.1, 0.15) is 28.0 Å². The molecule has 34 heavy (non-hydrogen) atoms. The molecule has 1 N–H and O–H groups in total. The number of sulfonamides is 1. The van der Waals surface area contributed by atoms with Gasteiger partial charge in [0.05, 0.1) is 44.3 Å². The molecule has 3 aromatic rings. The molecule has 1 aromatic heterocycles. The molecule has 0 saturated carbocycles. The number of carbonyl (C=O) groups is 1. The summed E-state index contributed by atoms with van der Waals surface area (Å²) in [6.07, 6.45) is -2.65. The van der Waals surface area contributed by atoms with E-state index >= 15 is 0 Å². The van der Waals surface area contributed by atoms with Crippen molar-refractivity contribution in [3.8, 4) is 0 Å². The van der Waals surface area contributed by atoms with Gasteiger partial charge in [0.2, 0.25) is 0 Å². The number of fused-ring (bicyclic) bond motifs is 1. The Morgan fingerprint density at radius 3 is 2.50 bits per heavy atom. The fraction of sp³-hybridized carbons (Fsp3) is 0.182. The maximum atomic E-state index is 13.4. The number of benzene rings is 2. The Morgan fingerprint density at radius 2 is 1.82 bits per heavy atom. The lowest BCUT2D eigenvalue weighted by Gasteiger charge is -2.30. The van der Waals surface area contributed by atoms with Gasteiger partial charge in [0.1, 0.15) is 5.82 Å². The maximum absolute atomic E-state index is 13.4. The second-order valence-corrected chi connectivity index (χ2v) is 9.71. The number of amides is 1. The number of pyridine rings is 1. The summed E-state index contributed by atoms with van der Waals surface area (Å²) in [5.74, 6) is -1.72. The summed E-state index contributed by atoms with van der Waals surface area (Å²) in [6.45, 7) is 0.106. The fourth-order valence-electron chi connectivity index (χ4n) is 3.64. The third-order valence-electron chi connectivity index (χ3n) is 5.20. The number of nitrogens with zero attached hydrogens (tertiary/aromatic N) is 2. The number of hydrogen-bond acceptors (Lipinski definition) is 4. The topological polar surface area (TPSA) is 79.4 Å². The largest absolute Gasteiger partial charge is 0.417 e. The zero-order chi connectivity index (χ0) is 24.7. The number of rotatable bonds is 4. The van der Waals surface area contributed by atoms with E-state index in [0.29, 0.717) is 18.5 Å². The second-order valence-electron chi connectivity index (χ2n) is 7.44. The molecule has 0 fully saturated rings. The zero-order valence-electron chi connectivity index (χ0n) is 17.2. The molecule has 0 aliphatic carbocycles. The predicted octanol–water partition coefficient (Wildman–Crippen LogP) is 5.29. The highest BCUT2D eigenvalue weighted by atomic mass is 35.5. The third-order valence-corrected chi connectivity index (χ3v) is 7.34. The van der Waals surface area contributed by atoms with Crippen LogP contribution in [0.5, 0.6) is 0 Å². The Hall–Kier alpha value is -3.18. The summed E-state index contributed by atoms with van der Waals surface area (Å²) in [5, 5.41) is 1.93. The van der Waals surface area contributed by atoms with E-state index in [2.05, 4.69) is 10.3 Å². The molecule has 4 rings (SSSR count). The first kappa shape index (κ1) is 24.0. The van der Waals surface area contributed by atoms with Gasteiger partial charge in [-0.3, -0.25) is 14.1 Å². The van der Waals surface area contributed by atoms with Gasteiger partial charge in [-0.25, -0.2) is 12.8 Å². The van der Waals surface area contributed by atoms with Crippen LogP contribution < -0.4 is 9.62 Å². The highest BCUT2D eigenvalue weighted by Crippen LogP contribution is 2.36. The van der Waals surface area contributed by atoms with Gasteiger partial charge in [0, 0.05) is 6.54 Å². The number of aryl methyl sites for hydroxylation is 1. The number of alkyl halides is 3. The van der Waals surface area contributed by atoms with E-state index in [1.54, 1.807) is 0 Å². The van der Waals surface area contributed by atoms with Crippen molar-refractivity contribution in [2.75, 3.05) is 16.2 Å². The van der Waals surface area contributed by atoms with Gasteiger partial charge in [0.15, 0.2) is 0 Å². The van der Waals surface area contributed by atoms with E-state index in [4.69, 9.17) is 11.6 Å². The van der Waals surface area contributed by atoms with Crippen LogP contribution in [0.2, 0.25) is 5.02 Å². The van der Waals surface area contributed by atoms with Crippen LogP contribution in [0.4, 0.5) is 28.9 Å². The minimum absolute atomic E-state index is 0.0157. The number of aromatic nitrogens is 1. The molecule has 0 radical (unpaired) electrons. The molecule has 1 amide bonds. The summed E-state index contributed by atoms with van der Waals surface area (Å²) in [7, 11) is -4.08. The summed E-state index contributed by atoms with van der Waals surface area (Å²) in [4.78, 5) is 16.8. The zero-order valence-corrected chi connectivity index (χ0v) is 18.8. The van der Waals surface area contributed by atoms with Crippen LogP contribution in [0.15, 0.2) is 59.6 Å². The van der Waals surface area contributed by atoms with Crippen LogP contribution in [0, 0.1) is 5.82 Å². The Labute approximate surface area is 197 Å². The van der Waals surface area contributed by atoms with E-state index in [9.17, 15) is 30.8 Å². The van der Waals surface area contributed by atoms with E-state index in [1.807, 2.05) is 0 Å². The smallest absolute Gasteiger partial charge is 0.320 e. The lowest BCUT2D eigenvalue weighted by molar-refractivity contribution is -0.137. The van der Waals surface area contributed by atoms with Crippen LogP contribution in [-0.2, 0) is 22.6 Å². The number of anilines is 2. The minimum Gasteiger partial charge on any atom is -0.320 e. The number of carbonyl (C=O) groups excluding carboxylic acids is 1. The molecule has 1 aliphatic heterocycles. The molecular formula is C22H16ClF4N3O3S. The van der Waals surface area contributed by atoms with Gasteiger partial charge >= 0.3 is 6.18 Å². The van der Waals surface area contributed by atoms with Gasteiger partial charge in [-0.1, -0.05) is 17.7 Å². The molecule has 0 spiro atoms. The molecule has 0 atom stereocenters. The average Bonchev–Trinajstić information content (AvgIpc) is 2.78. The molecule has 6 nitrogen and oxygen atoms in total. The number of hydrogen-bond donors (Lipinski definition) is 1. The van der Waals surface area contributed by atoms with Gasteiger partial charge in [-0.05, 0) is 55.3 Å². The van der Waals surface area contributed by atoms with Crippen LogP contribution in [0.3, 0.4) is 0 Å². The first-order chi connectivity index (χ1) is 16.0. The third kappa shape index (κ3) is 4.58. The normalized spacial score (nSPS) is 14.0. The Balaban J connectivity index is 1.69. The van der Waals surface area contributed by atoms with E-state index in [0.717, 1.165) is 46.8 Å². The minimum atomic E-state index is -4.81. The number of halogens is 5. The van der Waals surface area contributed by atoms with Crippen molar-refractivity contribution < 1.29 is 30.8 Å². The van der Waals surface area contributed by atoms with E-state index in [1.165, 1.54) is 12.3 Å². The Kier molecular flexibility index (Phi) is 6.26. The molecule has 1 aliphatic rings. The van der Waals surface area contributed by atoms with Crippen LogP contribution >= 0.6 is 11.6 Å². The van der Waals surface area contributed by atoms with Crippen molar-refractivity contribution in [2.24, 2.45) is 0 Å². The average molecular weight is 514 g/mol. The molecule has 0 bridgehead atoms. The van der Waals surface area contributed by atoms with E-state index in [-0.39, 0.29) is 22.8 Å². The lowest BCUT2D eigenvalue weighted by Crippen LogP contribution is -2.36. The van der Waals surface area contributed by atoms with Gasteiger partial charge in [0.25, 0.3) is 15.9 Å². The SMILES string of the molecule is O=C(Nc1cnc2c(c1)N(S(=O)(=O)c1ccc(F)cc1)CCC2)c1c(Cl)cccc1C(F)(F)F. The molecular weight excluding hydrogens is 498 g/mol. The molecule has 2 heterocycles. The van der Waals surface area contributed by atoms with Gasteiger partial charge in [-0.2, -0.15) is 13.2 Å². The highest BCUT2D eigenvalue weighted by molar-refractivity contribution is 7.92. The monoisotopic (exact) mass is 513 g/mol. The Morgan fingerprint density at radius 1 is 1.12 bits per heavy atom. The van der Waals surface area contributed by atoms with E-state index < -0.39 is 44.1 Å². The lowest BCUT2D eigenvalue weighted by atomic mass is 10.1. The molecule has 0 unspecified atom stereocenters. The highest BCUT2D eigenvalue weighted by Gasteiger charge is 2.36. The van der Waals surface area contributed by atoms with Gasteiger partial charge in [-0.15, -0.1) is 0 Å². The van der Waals surface area contributed by atoms with Crippen LogP contribution in [0.25, 0.3) is 0 Å². The quantitative estimate of drug-likeness (QED) is 0.481. The predicted molar refractivity (Wildman–Crippen MR) is 118 cm³/mol. The summed E-state index contributed by atoms with van der Waals surface area (Å²) >= 11 is 5.88. The summed E-state index contributed by atoms with van der Waals surface area (Å²) in [6, 6.07) is 8.62. The first-order valence-corrected chi connectivity index (χ1v) is 11.7. The molecule has 2 aromatic carbocycles. The standard InChI is InChI=1S/C22H16ClF4N3O3S/c23-17-4-1-3-16(22(25,26)27)20(17)21(31)29-14-11-19-18(28-12-14)5-2-10-30(19)34(32,33)15-8-6-13(24)7-9-15/h1,3-4,6-9,11-12H,2,5,10H2,(H,29,31). The van der Waals surface area contributed by atoms with Crippen molar-refractivity contribution in [1.82, 2.24) is 4.98 Å². The summed E-state index contributed by atoms with van der Waals surface area (Å²) in [5.41, 5.74) is -1.38. The molecule has 178 valence electrons.